The first-order chi connectivity index (χ1) is 7.75. The van der Waals surface area contributed by atoms with Gasteiger partial charge in [-0.05, 0) is 12.8 Å². The van der Waals surface area contributed by atoms with Crippen LogP contribution in [0.2, 0.25) is 0 Å². The van der Waals surface area contributed by atoms with Crippen LogP contribution in [0.4, 0.5) is 4.79 Å². The standard InChI is InChI=1S/C10H15IN2O3/c11-4-1-7-16-8-3-9(14)13-6-2-5-12-10(13)15/h3,8H,1-2,4-7H2,(H,12,15)/b8-3+. The highest BCUT2D eigenvalue weighted by Crippen LogP contribution is 2.00. The number of alkyl halides is 1. The minimum Gasteiger partial charge on any atom is -0.501 e. The lowest BCUT2D eigenvalue weighted by atomic mass is 10.3. The summed E-state index contributed by atoms with van der Waals surface area (Å²) in [4.78, 5) is 24.0. The Kier molecular flexibility index (Phi) is 6.20. The summed E-state index contributed by atoms with van der Waals surface area (Å²) in [5.41, 5.74) is 0. The molecule has 0 aromatic heterocycles. The van der Waals surface area contributed by atoms with Crippen LogP contribution in [0.15, 0.2) is 12.3 Å². The molecule has 0 spiro atoms. The van der Waals surface area contributed by atoms with E-state index in [0.717, 1.165) is 17.3 Å². The summed E-state index contributed by atoms with van der Waals surface area (Å²) < 4.78 is 6.13. The topological polar surface area (TPSA) is 58.6 Å². The van der Waals surface area contributed by atoms with Crippen molar-refractivity contribution >= 4 is 34.5 Å². The molecule has 1 heterocycles. The lowest BCUT2D eigenvalue weighted by molar-refractivity contribution is -0.123. The first kappa shape index (κ1) is 13.3. The number of urea groups is 1. The van der Waals surface area contributed by atoms with Crippen LogP contribution in [0.3, 0.4) is 0 Å². The van der Waals surface area contributed by atoms with E-state index in [-0.39, 0.29) is 11.9 Å². The molecule has 0 bridgehead atoms. The lowest BCUT2D eigenvalue weighted by Crippen LogP contribution is -2.48. The van der Waals surface area contributed by atoms with Crippen LogP contribution in [0.5, 0.6) is 0 Å². The van der Waals surface area contributed by atoms with Gasteiger partial charge in [0.25, 0.3) is 5.91 Å². The van der Waals surface area contributed by atoms with E-state index >= 15 is 0 Å². The van der Waals surface area contributed by atoms with Gasteiger partial charge in [0.1, 0.15) is 0 Å². The molecule has 0 aliphatic carbocycles. The molecule has 1 saturated heterocycles. The average molecular weight is 338 g/mol. The molecule has 0 atom stereocenters. The smallest absolute Gasteiger partial charge is 0.324 e. The zero-order valence-electron chi connectivity index (χ0n) is 8.95. The molecular weight excluding hydrogens is 323 g/mol. The van der Waals surface area contributed by atoms with E-state index in [1.54, 1.807) is 0 Å². The summed E-state index contributed by atoms with van der Waals surface area (Å²) in [6.07, 6.45) is 4.39. The van der Waals surface area contributed by atoms with Crippen molar-refractivity contribution in [1.29, 1.82) is 0 Å². The van der Waals surface area contributed by atoms with Crippen molar-refractivity contribution < 1.29 is 14.3 Å². The van der Waals surface area contributed by atoms with Gasteiger partial charge in [-0.15, -0.1) is 0 Å². The van der Waals surface area contributed by atoms with Gasteiger partial charge in [-0.25, -0.2) is 4.79 Å². The summed E-state index contributed by atoms with van der Waals surface area (Å²) in [6.45, 7) is 1.71. The monoisotopic (exact) mass is 338 g/mol. The molecule has 0 radical (unpaired) electrons. The van der Waals surface area contributed by atoms with Crippen molar-refractivity contribution in [3.63, 3.8) is 0 Å². The van der Waals surface area contributed by atoms with E-state index in [1.807, 2.05) is 0 Å². The van der Waals surface area contributed by atoms with Crippen LogP contribution < -0.4 is 5.32 Å². The number of nitrogens with one attached hydrogen (secondary N) is 1. The highest BCUT2D eigenvalue weighted by Gasteiger charge is 2.21. The van der Waals surface area contributed by atoms with Gasteiger partial charge < -0.3 is 10.1 Å². The SMILES string of the molecule is O=C(/C=C/OCCCI)N1CCCNC1=O. The van der Waals surface area contributed by atoms with E-state index in [2.05, 4.69) is 27.9 Å². The number of rotatable bonds is 5. The molecule has 1 aliphatic rings. The molecule has 0 saturated carbocycles. The molecule has 0 aromatic rings. The summed E-state index contributed by atoms with van der Waals surface area (Å²) in [6, 6.07) is -0.326. The molecule has 90 valence electrons. The predicted molar refractivity (Wildman–Crippen MR) is 68.3 cm³/mol. The maximum Gasteiger partial charge on any atom is 0.324 e. The third-order valence-corrected chi connectivity index (χ3v) is 2.81. The van der Waals surface area contributed by atoms with E-state index in [4.69, 9.17) is 4.74 Å². The van der Waals surface area contributed by atoms with Gasteiger partial charge in [-0.3, -0.25) is 9.69 Å². The summed E-state index contributed by atoms with van der Waals surface area (Å²) in [7, 11) is 0. The number of carbonyl (C=O) groups is 2. The first-order valence-corrected chi connectivity index (χ1v) is 6.71. The van der Waals surface area contributed by atoms with Gasteiger partial charge in [0.2, 0.25) is 0 Å². The third kappa shape index (κ3) is 4.38. The number of carbonyl (C=O) groups excluding carboxylic acids is 2. The fourth-order valence-corrected chi connectivity index (χ4v) is 1.55. The normalized spacial score (nSPS) is 16.3. The van der Waals surface area contributed by atoms with Crippen molar-refractivity contribution in [3.05, 3.63) is 12.3 Å². The Morgan fingerprint density at radius 3 is 3.12 bits per heavy atom. The van der Waals surface area contributed by atoms with Crippen LogP contribution in [-0.4, -0.2) is 41.0 Å². The molecule has 6 heteroatoms. The van der Waals surface area contributed by atoms with Crippen molar-refractivity contribution in [1.82, 2.24) is 10.2 Å². The lowest BCUT2D eigenvalue weighted by Gasteiger charge is -2.24. The number of ether oxygens (including phenoxy) is 1. The molecule has 1 aliphatic heterocycles. The highest BCUT2D eigenvalue weighted by molar-refractivity contribution is 14.1. The second-order valence-corrected chi connectivity index (χ2v) is 4.37. The zero-order chi connectivity index (χ0) is 11.8. The number of hydrogen-bond acceptors (Lipinski definition) is 3. The molecule has 1 N–H and O–H groups in total. The van der Waals surface area contributed by atoms with Crippen molar-refractivity contribution in [2.75, 3.05) is 24.1 Å². The van der Waals surface area contributed by atoms with Crippen molar-refractivity contribution in [3.8, 4) is 0 Å². The molecule has 1 rings (SSSR count). The minimum atomic E-state index is -0.327. The molecule has 0 unspecified atom stereocenters. The summed E-state index contributed by atoms with van der Waals surface area (Å²) in [5, 5.41) is 2.61. The van der Waals surface area contributed by atoms with E-state index < -0.39 is 0 Å². The Morgan fingerprint density at radius 1 is 1.62 bits per heavy atom. The highest BCUT2D eigenvalue weighted by atomic mass is 127. The second-order valence-electron chi connectivity index (χ2n) is 3.29. The number of halogens is 1. The molecule has 16 heavy (non-hydrogen) atoms. The van der Waals surface area contributed by atoms with Gasteiger partial charge in [-0.2, -0.15) is 0 Å². The van der Waals surface area contributed by atoms with Gasteiger partial charge in [-0.1, -0.05) is 22.6 Å². The van der Waals surface area contributed by atoms with E-state index in [1.165, 1.54) is 17.2 Å². The minimum absolute atomic E-state index is 0.326. The maximum absolute atomic E-state index is 11.5. The van der Waals surface area contributed by atoms with E-state index in [0.29, 0.717) is 19.7 Å². The summed E-state index contributed by atoms with van der Waals surface area (Å²) in [5.74, 6) is -0.327. The largest absolute Gasteiger partial charge is 0.501 e. The Labute approximate surface area is 108 Å². The van der Waals surface area contributed by atoms with Crippen molar-refractivity contribution in [2.24, 2.45) is 0 Å². The van der Waals surface area contributed by atoms with Gasteiger partial charge in [0.15, 0.2) is 0 Å². The van der Waals surface area contributed by atoms with Crippen LogP contribution in [0.25, 0.3) is 0 Å². The Balaban J connectivity index is 2.30. The molecule has 0 aromatic carbocycles. The summed E-state index contributed by atoms with van der Waals surface area (Å²) >= 11 is 2.26. The Bertz CT molecular complexity index is 281. The first-order valence-electron chi connectivity index (χ1n) is 5.19. The fourth-order valence-electron chi connectivity index (χ4n) is 1.24. The second kappa shape index (κ2) is 7.48. The van der Waals surface area contributed by atoms with Crippen LogP contribution in [-0.2, 0) is 9.53 Å². The van der Waals surface area contributed by atoms with E-state index in [9.17, 15) is 9.59 Å². The third-order valence-electron chi connectivity index (χ3n) is 2.05. The molecule has 1 fully saturated rings. The maximum atomic E-state index is 11.5. The zero-order valence-corrected chi connectivity index (χ0v) is 11.1. The molecule has 5 nitrogen and oxygen atoms in total. The van der Waals surface area contributed by atoms with Crippen molar-refractivity contribution in [2.45, 2.75) is 12.8 Å². The fraction of sp³-hybridized carbons (Fsp3) is 0.600. The number of imide groups is 1. The Hall–Kier alpha value is -0.790. The molecule has 3 amide bonds. The van der Waals surface area contributed by atoms with Crippen LogP contribution >= 0.6 is 22.6 Å². The Morgan fingerprint density at radius 2 is 2.44 bits per heavy atom. The van der Waals surface area contributed by atoms with Gasteiger partial charge >= 0.3 is 6.03 Å². The van der Waals surface area contributed by atoms with Gasteiger partial charge in [0, 0.05) is 23.6 Å². The van der Waals surface area contributed by atoms with Crippen LogP contribution in [0, 0.1) is 0 Å². The quantitative estimate of drug-likeness (QED) is 0.270. The number of amides is 3. The number of hydrogen-bond donors (Lipinski definition) is 1. The van der Waals surface area contributed by atoms with Gasteiger partial charge in [0.05, 0.1) is 12.9 Å². The van der Waals surface area contributed by atoms with Crippen LogP contribution in [0.1, 0.15) is 12.8 Å². The number of nitrogens with zero attached hydrogens (tertiary/aromatic N) is 1. The average Bonchev–Trinajstić information content (AvgIpc) is 2.29. The molecular formula is C10H15IN2O3. The predicted octanol–water partition coefficient (Wildman–Crippen LogP) is 1.28.